The maximum Gasteiger partial charge on any atom is 0.408 e. The molecule has 0 radical (unpaired) electrons. The Balaban J connectivity index is 2.22. The van der Waals surface area contributed by atoms with Crippen molar-refractivity contribution in [3.05, 3.63) is 71.3 Å². The van der Waals surface area contributed by atoms with Crippen LogP contribution in [-0.2, 0) is 22.5 Å². The minimum atomic E-state index is -0.528. The SMILES string of the molecule is COCc1cccc(C(Cc2ccccc2)NC(=O)OC(C)(C)C)c1. The fraction of sp³-hybridized carbons (Fsp3) is 0.381. The molecule has 0 saturated carbocycles. The molecule has 0 aliphatic carbocycles. The molecule has 0 aliphatic rings. The Kier molecular flexibility index (Phi) is 6.59. The van der Waals surface area contributed by atoms with E-state index in [9.17, 15) is 4.79 Å². The number of benzene rings is 2. The van der Waals surface area contributed by atoms with Crippen molar-refractivity contribution in [1.82, 2.24) is 5.32 Å². The highest BCUT2D eigenvalue weighted by Crippen LogP contribution is 2.21. The van der Waals surface area contributed by atoms with Gasteiger partial charge in [0.2, 0.25) is 0 Å². The van der Waals surface area contributed by atoms with Crippen molar-refractivity contribution < 1.29 is 14.3 Å². The van der Waals surface area contributed by atoms with E-state index in [-0.39, 0.29) is 6.04 Å². The van der Waals surface area contributed by atoms with Gasteiger partial charge in [0, 0.05) is 7.11 Å². The van der Waals surface area contributed by atoms with E-state index in [1.807, 2.05) is 57.2 Å². The van der Waals surface area contributed by atoms with Gasteiger partial charge in [-0.05, 0) is 43.9 Å². The van der Waals surface area contributed by atoms with E-state index in [4.69, 9.17) is 9.47 Å². The third kappa shape index (κ3) is 6.59. The van der Waals surface area contributed by atoms with Crippen molar-refractivity contribution in [2.75, 3.05) is 7.11 Å². The molecule has 134 valence electrons. The van der Waals surface area contributed by atoms with Gasteiger partial charge in [-0.3, -0.25) is 0 Å². The number of carbonyl (C=O) groups is 1. The van der Waals surface area contributed by atoms with Gasteiger partial charge in [-0.25, -0.2) is 4.79 Å². The predicted molar refractivity (Wildman–Crippen MR) is 99.4 cm³/mol. The van der Waals surface area contributed by atoms with Gasteiger partial charge in [0.05, 0.1) is 12.6 Å². The molecule has 2 aromatic rings. The average Bonchev–Trinajstić information content (AvgIpc) is 2.54. The zero-order valence-corrected chi connectivity index (χ0v) is 15.4. The molecule has 1 unspecified atom stereocenters. The lowest BCUT2D eigenvalue weighted by molar-refractivity contribution is 0.0503. The van der Waals surface area contributed by atoms with E-state index < -0.39 is 11.7 Å². The van der Waals surface area contributed by atoms with Crippen LogP contribution in [0.5, 0.6) is 0 Å². The summed E-state index contributed by atoms with van der Waals surface area (Å²) in [4.78, 5) is 12.3. The van der Waals surface area contributed by atoms with Crippen molar-refractivity contribution in [3.8, 4) is 0 Å². The molecule has 1 atom stereocenters. The van der Waals surface area contributed by atoms with Crippen LogP contribution in [0.15, 0.2) is 54.6 Å². The summed E-state index contributed by atoms with van der Waals surface area (Å²) in [5.74, 6) is 0. The number of alkyl carbamates (subject to hydrolysis) is 1. The van der Waals surface area contributed by atoms with Crippen LogP contribution in [-0.4, -0.2) is 18.8 Å². The van der Waals surface area contributed by atoms with Gasteiger partial charge in [-0.15, -0.1) is 0 Å². The smallest absolute Gasteiger partial charge is 0.408 e. The minimum absolute atomic E-state index is 0.172. The number of methoxy groups -OCH3 is 1. The monoisotopic (exact) mass is 341 g/mol. The summed E-state index contributed by atoms with van der Waals surface area (Å²) in [6.07, 6.45) is 0.279. The molecule has 0 heterocycles. The maximum atomic E-state index is 12.3. The first-order chi connectivity index (χ1) is 11.9. The first-order valence-corrected chi connectivity index (χ1v) is 8.48. The van der Waals surface area contributed by atoms with E-state index in [1.54, 1.807) is 7.11 Å². The summed E-state index contributed by atoms with van der Waals surface area (Å²) in [5, 5.41) is 3.01. The Morgan fingerprint density at radius 1 is 1.04 bits per heavy atom. The van der Waals surface area contributed by atoms with Crippen molar-refractivity contribution in [2.24, 2.45) is 0 Å². The van der Waals surface area contributed by atoms with Crippen molar-refractivity contribution >= 4 is 6.09 Å². The highest BCUT2D eigenvalue weighted by Gasteiger charge is 2.21. The van der Waals surface area contributed by atoms with Crippen molar-refractivity contribution in [3.63, 3.8) is 0 Å². The van der Waals surface area contributed by atoms with E-state index in [1.165, 1.54) is 0 Å². The first kappa shape index (κ1) is 19.0. The van der Waals surface area contributed by atoms with Gasteiger partial charge in [0.1, 0.15) is 5.60 Å². The molecule has 1 N–H and O–H groups in total. The van der Waals surface area contributed by atoms with Gasteiger partial charge < -0.3 is 14.8 Å². The Labute approximate surface area is 150 Å². The fourth-order valence-electron chi connectivity index (χ4n) is 2.62. The summed E-state index contributed by atoms with van der Waals surface area (Å²) in [6, 6.07) is 18.0. The Morgan fingerprint density at radius 3 is 2.36 bits per heavy atom. The highest BCUT2D eigenvalue weighted by atomic mass is 16.6. The summed E-state index contributed by atoms with van der Waals surface area (Å²) >= 11 is 0. The summed E-state index contributed by atoms with van der Waals surface area (Å²) in [6.45, 7) is 6.12. The van der Waals surface area contributed by atoms with Crippen LogP contribution in [0.2, 0.25) is 0 Å². The molecule has 25 heavy (non-hydrogen) atoms. The lowest BCUT2D eigenvalue weighted by Crippen LogP contribution is -2.35. The van der Waals surface area contributed by atoms with Crippen LogP contribution in [0.25, 0.3) is 0 Å². The van der Waals surface area contributed by atoms with E-state index in [0.717, 1.165) is 16.7 Å². The second-order valence-electron chi connectivity index (χ2n) is 7.07. The lowest BCUT2D eigenvalue weighted by atomic mass is 9.97. The van der Waals surface area contributed by atoms with Gasteiger partial charge >= 0.3 is 6.09 Å². The van der Waals surface area contributed by atoms with Crippen molar-refractivity contribution in [1.29, 1.82) is 0 Å². The van der Waals surface area contributed by atoms with Crippen LogP contribution in [0.1, 0.15) is 43.5 Å². The number of rotatable bonds is 6. The molecular formula is C21H27NO3. The molecule has 0 aliphatic heterocycles. The third-order valence-electron chi connectivity index (χ3n) is 3.64. The molecular weight excluding hydrogens is 314 g/mol. The standard InChI is InChI=1S/C21H27NO3/c1-21(2,3)25-20(23)22-19(14-16-9-6-5-7-10-16)18-12-8-11-17(13-18)15-24-4/h5-13,19H,14-15H2,1-4H3,(H,22,23). The molecule has 2 rings (SSSR count). The van der Waals surface area contributed by atoms with Crippen LogP contribution in [0.4, 0.5) is 4.79 Å². The zero-order chi connectivity index (χ0) is 18.3. The van der Waals surface area contributed by atoms with Crippen LogP contribution < -0.4 is 5.32 Å². The van der Waals surface area contributed by atoms with E-state index >= 15 is 0 Å². The molecule has 0 aromatic heterocycles. The molecule has 4 heteroatoms. The number of nitrogens with one attached hydrogen (secondary N) is 1. The number of hydrogen-bond donors (Lipinski definition) is 1. The van der Waals surface area contributed by atoms with Gasteiger partial charge in [-0.2, -0.15) is 0 Å². The Morgan fingerprint density at radius 2 is 1.72 bits per heavy atom. The third-order valence-corrected chi connectivity index (χ3v) is 3.64. The number of ether oxygens (including phenoxy) is 2. The molecule has 4 nitrogen and oxygen atoms in total. The number of carbonyl (C=O) groups excluding carboxylic acids is 1. The molecule has 1 amide bonds. The minimum Gasteiger partial charge on any atom is -0.444 e. The summed E-state index contributed by atoms with van der Waals surface area (Å²) < 4.78 is 10.6. The van der Waals surface area contributed by atoms with Crippen LogP contribution in [0.3, 0.4) is 0 Å². The topological polar surface area (TPSA) is 47.6 Å². The fourth-order valence-corrected chi connectivity index (χ4v) is 2.62. The largest absolute Gasteiger partial charge is 0.444 e. The summed E-state index contributed by atoms with van der Waals surface area (Å²) in [5.41, 5.74) is 2.73. The second kappa shape index (κ2) is 8.67. The molecule has 0 fully saturated rings. The van der Waals surface area contributed by atoms with Crippen molar-refractivity contribution in [2.45, 2.75) is 45.4 Å². The maximum absolute atomic E-state index is 12.3. The average molecular weight is 341 g/mol. The number of amides is 1. The Bertz CT molecular complexity index is 677. The zero-order valence-electron chi connectivity index (χ0n) is 15.4. The van der Waals surface area contributed by atoms with Crippen LogP contribution >= 0.6 is 0 Å². The first-order valence-electron chi connectivity index (χ1n) is 8.48. The highest BCUT2D eigenvalue weighted by molar-refractivity contribution is 5.68. The quantitative estimate of drug-likeness (QED) is 0.832. The van der Waals surface area contributed by atoms with E-state index in [0.29, 0.717) is 13.0 Å². The molecule has 0 saturated heterocycles. The van der Waals surface area contributed by atoms with Gasteiger partial charge in [0.15, 0.2) is 0 Å². The van der Waals surface area contributed by atoms with Gasteiger partial charge in [0.25, 0.3) is 0 Å². The molecule has 0 spiro atoms. The molecule has 0 bridgehead atoms. The normalized spacial score (nSPS) is 12.5. The van der Waals surface area contributed by atoms with E-state index in [2.05, 4.69) is 23.5 Å². The number of hydrogen-bond acceptors (Lipinski definition) is 3. The Hall–Kier alpha value is -2.33. The summed E-state index contributed by atoms with van der Waals surface area (Å²) in [7, 11) is 1.67. The molecule has 2 aromatic carbocycles. The predicted octanol–water partition coefficient (Wildman–Crippen LogP) is 4.64. The second-order valence-corrected chi connectivity index (χ2v) is 7.07. The van der Waals surface area contributed by atoms with Crippen LogP contribution in [0, 0.1) is 0 Å². The lowest BCUT2D eigenvalue weighted by Gasteiger charge is -2.24. The van der Waals surface area contributed by atoms with Gasteiger partial charge in [-0.1, -0.05) is 54.6 Å².